The Kier molecular flexibility index (Phi) is 6.28. The quantitative estimate of drug-likeness (QED) is 0.613. The van der Waals surface area contributed by atoms with Crippen LogP contribution in [0.2, 0.25) is 0 Å². The zero-order valence-electron chi connectivity index (χ0n) is 14.8. The second-order valence-electron chi connectivity index (χ2n) is 6.20. The van der Waals surface area contributed by atoms with Crippen molar-refractivity contribution in [1.29, 1.82) is 0 Å². The number of carbonyl (C=O) groups excluding carboxylic acids is 1. The summed E-state index contributed by atoms with van der Waals surface area (Å²) in [5, 5.41) is 3.89. The van der Waals surface area contributed by atoms with E-state index in [0.29, 0.717) is 31.8 Å². The average Bonchev–Trinajstić information content (AvgIpc) is 3.15. The van der Waals surface area contributed by atoms with Crippen LogP contribution in [-0.2, 0) is 26.2 Å². The highest BCUT2D eigenvalue weighted by molar-refractivity contribution is 9.10. The van der Waals surface area contributed by atoms with Crippen LogP contribution in [0.5, 0.6) is 0 Å². The molecular weight excluding hydrogens is 438 g/mol. The minimum atomic E-state index is -3.21. The number of benzene rings is 1. The Morgan fingerprint density at radius 1 is 1.37 bits per heavy atom. The first-order chi connectivity index (χ1) is 12.9. The molecule has 0 amide bonds. The van der Waals surface area contributed by atoms with Gasteiger partial charge in [0.25, 0.3) is 5.89 Å². The summed E-state index contributed by atoms with van der Waals surface area (Å²) in [5.74, 6) is 0.0100. The molecule has 1 aliphatic heterocycles. The molecule has 3 rings (SSSR count). The van der Waals surface area contributed by atoms with Gasteiger partial charge in [0.2, 0.25) is 15.8 Å². The third-order valence-electron chi connectivity index (χ3n) is 4.43. The maximum atomic E-state index is 12.2. The van der Waals surface area contributed by atoms with Crippen LogP contribution in [-0.4, -0.2) is 47.7 Å². The Labute approximate surface area is 166 Å². The molecule has 1 aromatic carbocycles. The molecule has 2 heterocycles. The number of piperidine rings is 1. The highest BCUT2D eigenvalue weighted by Crippen LogP contribution is 2.23. The van der Waals surface area contributed by atoms with Gasteiger partial charge in [0.1, 0.15) is 0 Å². The summed E-state index contributed by atoms with van der Waals surface area (Å²) in [7, 11) is -3.21. The van der Waals surface area contributed by atoms with Gasteiger partial charge in [-0.2, -0.15) is 4.98 Å². The lowest BCUT2D eigenvalue weighted by Gasteiger charge is -2.29. The number of hydrogen-bond donors (Lipinski definition) is 0. The van der Waals surface area contributed by atoms with E-state index in [4.69, 9.17) is 9.26 Å². The molecule has 146 valence electrons. The molecule has 0 aliphatic carbocycles. The first-order valence-electron chi connectivity index (χ1n) is 8.62. The summed E-state index contributed by atoms with van der Waals surface area (Å²) in [6.07, 6.45) is 0.899. The number of ether oxygens (including phenoxy) is 1. The molecule has 0 radical (unpaired) electrons. The molecule has 2 aromatic rings. The zero-order valence-corrected chi connectivity index (χ0v) is 17.2. The van der Waals surface area contributed by atoms with E-state index in [9.17, 15) is 13.2 Å². The van der Waals surface area contributed by atoms with E-state index >= 15 is 0 Å². The van der Waals surface area contributed by atoms with Crippen LogP contribution < -0.4 is 0 Å². The Balaban J connectivity index is 1.52. The number of rotatable bonds is 6. The van der Waals surface area contributed by atoms with Gasteiger partial charge in [-0.15, -0.1) is 0 Å². The summed E-state index contributed by atoms with van der Waals surface area (Å²) in [6.45, 7) is 2.18. The van der Waals surface area contributed by atoms with Crippen molar-refractivity contribution in [1.82, 2.24) is 14.4 Å². The summed E-state index contributed by atoms with van der Waals surface area (Å²) in [4.78, 5) is 16.5. The first kappa shape index (κ1) is 20.0. The van der Waals surface area contributed by atoms with E-state index < -0.39 is 10.0 Å². The predicted molar refractivity (Wildman–Crippen MR) is 101 cm³/mol. The van der Waals surface area contributed by atoms with Crippen molar-refractivity contribution >= 4 is 31.9 Å². The van der Waals surface area contributed by atoms with Crippen LogP contribution in [0.1, 0.15) is 25.7 Å². The highest BCUT2D eigenvalue weighted by atomic mass is 79.9. The van der Waals surface area contributed by atoms with Crippen molar-refractivity contribution in [2.45, 2.75) is 26.4 Å². The third-order valence-corrected chi connectivity index (χ3v) is 6.81. The molecule has 1 aromatic heterocycles. The molecule has 0 spiro atoms. The fraction of sp³-hybridized carbons (Fsp3) is 0.471. The van der Waals surface area contributed by atoms with Crippen molar-refractivity contribution in [2.75, 3.05) is 18.8 Å². The molecule has 0 saturated carbocycles. The fourth-order valence-electron chi connectivity index (χ4n) is 2.86. The molecule has 27 heavy (non-hydrogen) atoms. The predicted octanol–water partition coefficient (Wildman–Crippen LogP) is 2.60. The van der Waals surface area contributed by atoms with Crippen LogP contribution >= 0.6 is 15.9 Å². The molecule has 1 fully saturated rings. The molecule has 8 nitrogen and oxygen atoms in total. The maximum absolute atomic E-state index is 12.2. The van der Waals surface area contributed by atoms with Gasteiger partial charge in [0.15, 0.2) is 6.61 Å². The molecule has 1 aliphatic rings. The summed E-state index contributed by atoms with van der Waals surface area (Å²) in [5.41, 5.74) is 0.787. The number of aromatic nitrogens is 2. The van der Waals surface area contributed by atoms with Gasteiger partial charge in [-0.3, -0.25) is 4.79 Å². The van der Waals surface area contributed by atoms with Crippen LogP contribution in [0.4, 0.5) is 0 Å². The number of carbonyl (C=O) groups is 1. The summed E-state index contributed by atoms with van der Waals surface area (Å²) >= 11 is 3.38. The lowest BCUT2D eigenvalue weighted by Crippen LogP contribution is -2.41. The van der Waals surface area contributed by atoms with Crippen molar-refractivity contribution < 1.29 is 22.5 Å². The van der Waals surface area contributed by atoms with Gasteiger partial charge in [-0.1, -0.05) is 33.2 Å². The number of sulfonamides is 1. The van der Waals surface area contributed by atoms with Crippen LogP contribution in [0.3, 0.4) is 0 Å². The monoisotopic (exact) mass is 457 g/mol. The van der Waals surface area contributed by atoms with Crippen molar-refractivity contribution in [3.05, 3.63) is 34.6 Å². The first-order valence-corrected chi connectivity index (χ1v) is 11.0. The number of hydrogen-bond acceptors (Lipinski definition) is 7. The van der Waals surface area contributed by atoms with E-state index in [1.807, 2.05) is 24.3 Å². The van der Waals surface area contributed by atoms with Crippen molar-refractivity contribution in [3.63, 3.8) is 0 Å². The van der Waals surface area contributed by atoms with Gasteiger partial charge >= 0.3 is 5.97 Å². The standard InChI is InChI=1S/C17H20BrN3O5S/c1-2-27(23,24)21-8-6-12(7-9-21)17(22)25-11-15-19-16(20-26-15)13-4-3-5-14(18)10-13/h3-5,10,12H,2,6-9,11H2,1H3. The molecule has 0 atom stereocenters. The van der Waals surface area contributed by atoms with E-state index in [1.165, 1.54) is 4.31 Å². The lowest BCUT2D eigenvalue weighted by atomic mass is 9.98. The molecule has 10 heteroatoms. The maximum Gasteiger partial charge on any atom is 0.309 e. The molecule has 1 saturated heterocycles. The SMILES string of the molecule is CCS(=O)(=O)N1CCC(C(=O)OCc2nc(-c3cccc(Br)c3)no2)CC1. The Hall–Kier alpha value is -1.78. The van der Waals surface area contributed by atoms with E-state index in [0.717, 1.165) is 10.0 Å². The second kappa shape index (κ2) is 8.49. The van der Waals surface area contributed by atoms with E-state index in [2.05, 4.69) is 26.1 Å². The van der Waals surface area contributed by atoms with Gasteiger partial charge < -0.3 is 9.26 Å². The Bertz CT molecular complexity index is 907. The Morgan fingerprint density at radius 3 is 2.78 bits per heavy atom. The molecule has 0 N–H and O–H groups in total. The largest absolute Gasteiger partial charge is 0.455 e. The van der Waals surface area contributed by atoms with Crippen LogP contribution in [0.15, 0.2) is 33.3 Å². The zero-order chi connectivity index (χ0) is 19.4. The van der Waals surface area contributed by atoms with Gasteiger partial charge in [0, 0.05) is 23.1 Å². The van der Waals surface area contributed by atoms with Gasteiger partial charge in [0.05, 0.1) is 11.7 Å². The van der Waals surface area contributed by atoms with Gasteiger partial charge in [-0.25, -0.2) is 12.7 Å². The highest BCUT2D eigenvalue weighted by Gasteiger charge is 2.31. The molecule has 0 unspecified atom stereocenters. The van der Waals surface area contributed by atoms with Crippen LogP contribution in [0, 0.1) is 5.92 Å². The molecule has 0 bridgehead atoms. The normalized spacial score (nSPS) is 16.4. The number of nitrogens with zero attached hydrogens (tertiary/aromatic N) is 3. The number of esters is 1. The third kappa shape index (κ3) is 4.94. The van der Waals surface area contributed by atoms with Crippen molar-refractivity contribution in [2.24, 2.45) is 5.92 Å². The van der Waals surface area contributed by atoms with Crippen LogP contribution in [0.25, 0.3) is 11.4 Å². The van der Waals surface area contributed by atoms with Crippen molar-refractivity contribution in [3.8, 4) is 11.4 Å². The minimum absolute atomic E-state index is 0.0690. The van der Waals surface area contributed by atoms with E-state index in [-0.39, 0.29) is 30.1 Å². The molecular formula is C17H20BrN3O5S. The fourth-order valence-corrected chi connectivity index (χ4v) is 4.39. The van der Waals surface area contributed by atoms with Gasteiger partial charge in [-0.05, 0) is 31.9 Å². The summed E-state index contributed by atoms with van der Waals surface area (Å²) in [6, 6.07) is 7.46. The summed E-state index contributed by atoms with van der Waals surface area (Å²) < 4.78 is 36.5. The number of halogens is 1. The van der Waals surface area contributed by atoms with E-state index in [1.54, 1.807) is 6.92 Å². The lowest BCUT2D eigenvalue weighted by molar-refractivity contribution is -0.152. The Morgan fingerprint density at radius 2 is 2.11 bits per heavy atom. The average molecular weight is 458 g/mol. The smallest absolute Gasteiger partial charge is 0.309 e. The minimum Gasteiger partial charge on any atom is -0.455 e. The topological polar surface area (TPSA) is 103 Å². The second-order valence-corrected chi connectivity index (χ2v) is 9.38.